The van der Waals surface area contributed by atoms with E-state index in [2.05, 4.69) is 9.97 Å². The zero-order valence-corrected chi connectivity index (χ0v) is 20.1. The van der Waals surface area contributed by atoms with Gasteiger partial charge in [-0.05, 0) is 36.8 Å². The lowest BCUT2D eigenvalue weighted by molar-refractivity contribution is -0.0241. The topological polar surface area (TPSA) is 83.1 Å². The molecule has 0 radical (unpaired) electrons. The minimum absolute atomic E-state index is 0.184. The molecule has 36 heavy (non-hydrogen) atoms. The molecule has 1 aliphatic rings. The van der Waals surface area contributed by atoms with Crippen molar-refractivity contribution >= 4 is 11.7 Å². The highest BCUT2D eigenvalue weighted by Crippen LogP contribution is 2.33. The molecule has 1 atom stereocenters. The predicted octanol–water partition coefficient (Wildman–Crippen LogP) is 3.79. The molecule has 1 saturated heterocycles. The monoisotopic (exact) mass is 497 g/mol. The Morgan fingerprint density at radius 3 is 2.69 bits per heavy atom. The van der Waals surface area contributed by atoms with Gasteiger partial charge in [0, 0.05) is 19.2 Å². The first kappa shape index (κ1) is 23.7. The maximum atomic E-state index is 15.5. The van der Waals surface area contributed by atoms with Gasteiger partial charge in [-0.1, -0.05) is 0 Å². The van der Waals surface area contributed by atoms with Gasteiger partial charge in [0.15, 0.2) is 0 Å². The Hall–Kier alpha value is -3.99. The zero-order valence-electron chi connectivity index (χ0n) is 20.1. The fourth-order valence-corrected chi connectivity index (χ4v) is 4.43. The number of hydrogen-bond acceptors (Lipinski definition) is 6. The summed E-state index contributed by atoms with van der Waals surface area (Å²) in [6.45, 7) is 2.95. The highest BCUT2D eigenvalue weighted by Gasteiger charge is 2.29. The minimum Gasteiger partial charge on any atom is -0.480 e. The lowest BCUT2D eigenvalue weighted by Crippen LogP contribution is -2.46. The molecule has 188 valence electrons. The number of nitrogens with zero attached hydrogens (tertiary/aromatic N) is 5. The molecule has 4 aromatic rings. The molecule has 0 spiro atoms. The molecule has 4 heterocycles. The van der Waals surface area contributed by atoms with Gasteiger partial charge in [0.1, 0.15) is 23.6 Å². The van der Waals surface area contributed by atoms with Crippen LogP contribution in [0.25, 0.3) is 22.6 Å². The Labute approximate surface area is 205 Å². The Morgan fingerprint density at radius 2 is 2.00 bits per heavy atom. The summed E-state index contributed by atoms with van der Waals surface area (Å²) in [7, 11) is 2.79. The molecule has 11 heteroatoms. The first-order chi connectivity index (χ1) is 17.4. The zero-order chi connectivity index (χ0) is 25.4. The number of aromatic nitrogens is 4. The highest BCUT2D eigenvalue weighted by atomic mass is 19.1. The smallest absolute Gasteiger partial charge is 0.409 e. The average molecular weight is 498 g/mol. The number of amides is 1. The number of hydrogen-bond donors (Lipinski definition) is 0. The lowest BCUT2D eigenvalue weighted by Gasteiger charge is -2.32. The maximum Gasteiger partial charge on any atom is 0.409 e. The van der Waals surface area contributed by atoms with Crippen LogP contribution in [0.2, 0.25) is 0 Å². The summed E-state index contributed by atoms with van der Waals surface area (Å²) in [6, 6.07) is 6.20. The second kappa shape index (κ2) is 9.57. The van der Waals surface area contributed by atoms with Crippen molar-refractivity contribution in [2.24, 2.45) is 0 Å². The van der Waals surface area contributed by atoms with Crippen LogP contribution in [0.15, 0.2) is 43.0 Å². The van der Waals surface area contributed by atoms with E-state index in [-0.39, 0.29) is 29.9 Å². The Kier molecular flexibility index (Phi) is 6.31. The van der Waals surface area contributed by atoms with Crippen molar-refractivity contribution in [3.8, 4) is 22.8 Å². The molecule has 1 aliphatic heterocycles. The molecule has 0 N–H and O–H groups in total. The molecular formula is C25H25F2N5O4. The number of methoxy groups -OCH3 is 2. The number of morpholine rings is 1. The molecule has 1 aromatic carbocycles. The van der Waals surface area contributed by atoms with Gasteiger partial charge in [-0.25, -0.2) is 23.5 Å². The summed E-state index contributed by atoms with van der Waals surface area (Å²) in [5.74, 6) is -1.20. The van der Waals surface area contributed by atoms with E-state index < -0.39 is 23.8 Å². The van der Waals surface area contributed by atoms with Crippen molar-refractivity contribution in [2.45, 2.75) is 19.4 Å². The Balaban J connectivity index is 1.57. The van der Waals surface area contributed by atoms with Gasteiger partial charge in [0.25, 0.3) is 0 Å². The van der Waals surface area contributed by atoms with Crippen LogP contribution in [0.5, 0.6) is 5.88 Å². The highest BCUT2D eigenvalue weighted by molar-refractivity contribution is 5.70. The summed E-state index contributed by atoms with van der Waals surface area (Å²) < 4.78 is 50.0. The van der Waals surface area contributed by atoms with Crippen LogP contribution in [0, 0.1) is 18.6 Å². The van der Waals surface area contributed by atoms with E-state index >= 15 is 8.78 Å². The van der Waals surface area contributed by atoms with Crippen molar-refractivity contribution in [3.63, 3.8) is 0 Å². The van der Waals surface area contributed by atoms with E-state index in [0.29, 0.717) is 30.4 Å². The molecule has 0 bridgehead atoms. The number of imidazole rings is 2. The second-order valence-electron chi connectivity index (χ2n) is 8.56. The van der Waals surface area contributed by atoms with Crippen molar-refractivity contribution in [2.75, 3.05) is 33.9 Å². The van der Waals surface area contributed by atoms with Crippen LogP contribution in [-0.2, 0) is 15.9 Å². The Morgan fingerprint density at radius 1 is 1.22 bits per heavy atom. The third-order valence-electron chi connectivity index (χ3n) is 6.20. The van der Waals surface area contributed by atoms with Gasteiger partial charge in [-0.15, -0.1) is 0 Å². The number of fused-ring (bicyclic) bond motifs is 1. The fraction of sp³-hybridized carbons (Fsp3) is 0.320. The normalized spacial score (nSPS) is 15.9. The van der Waals surface area contributed by atoms with Crippen molar-refractivity contribution in [1.82, 2.24) is 23.8 Å². The number of aryl methyl sites for hydroxylation is 1. The molecule has 9 nitrogen and oxygen atoms in total. The average Bonchev–Trinajstić information content (AvgIpc) is 3.48. The standard InChI is InChI=1S/C25H25F2N5O4/c1-15-4-5-32-20(11-17-12-30(6-7-36-17)25(33)35-3)24(29-21(32)8-15)23-18(26)9-16(10-19(23)27)31-13-22(34-2)28-14-31/h4-5,8-10,13-14,17H,6-7,11-12H2,1-3H3. The lowest BCUT2D eigenvalue weighted by atomic mass is 10.0. The molecule has 1 fully saturated rings. The molecule has 0 saturated carbocycles. The summed E-state index contributed by atoms with van der Waals surface area (Å²) in [5, 5.41) is 0. The molecule has 0 aliphatic carbocycles. The third kappa shape index (κ3) is 4.37. The maximum absolute atomic E-state index is 15.5. The van der Waals surface area contributed by atoms with Crippen LogP contribution < -0.4 is 4.74 Å². The van der Waals surface area contributed by atoms with Crippen LogP contribution in [0.3, 0.4) is 0 Å². The van der Waals surface area contributed by atoms with E-state index in [4.69, 9.17) is 14.2 Å². The van der Waals surface area contributed by atoms with E-state index in [9.17, 15) is 4.79 Å². The van der Waals surface area contributed by atoms with Crippen molar-refractivity contribution in [1.29, 1.82) is 0 Å². The van der Waals surface area contributed by atoms with E-state index in [1.54, 1.807) is 9.30 Å². The molecule has 3 aromatic heterocycles. The Bertz CT molecular complexity index is 1410. The molecule has 5 rings (SSSR count). The summed E-state index contributed by atoms with van der Waals surface area (Å²) in [4.78, 5) is 22.2. The summed E-state index contributed by atoms with van der Waals surface area (Å²) >= 11 is 0. The SMILES string of the molecule is COC(=O)N1CCOC(Cc2c(-c3c(F)cc(-n4cnc(OC)c4)cc3F)nc3cc(C)ccn23)C1. The summed E-state index contributed by atoms with van der Waals surface area (Å²) in [6.07, 6.45) is 4.20. The van der Waals surface area contributed by atoms with Crippen LogP contribution in [-0.4, -0.2) is 69.9 Å². The number of ether oxygens (including phenoxy) is 3. The fourth-order valence-electron chi connectivity index (χ4n) is 4.43. The number of carbonyl (C=O) groups excluding carboxylic acids is 1. The molecule has 1 unspecified atom stereocenters. The van der Waals surface area contributed by atoms with E-state index in [1.807, 2.05) is 25.3 Å². The molecular weight excluding hydrogens is 472 g/mol. The van der Waals surface area contributed by atoms with Gasteiger partial charge >= 0.3 is 6.09 Å². The van der Waals surface area contributed by atoms with Gasteiger partial charge < -0.3 is 28.1 Å². The number of pyridine rings is 1. The van der Waals surface area contributed by atoms with Crippen LogP contribution in [0.1, 0.15) is 11.3 Å². The number of carbonyl (C=O) groups is 1. The second-order valence-corrected chi connectivity index (χ2v) is 8.56. The third-order valence-corrected chi connectivity index (χ3v) is 6.20. The van der Waals surface area contributed by atoms with Gasteiger partial charge in [0.2, 0.25) is 5.88 Å². The molecule has 1 amide bonds. The summed E-state index contributed by atoms with van der Waals surface area (Å²) in [5.41, 5.74) is 2.31. The number of halogens is 2. The van der Waals surface area contributed by atoms with Crippen LogP contribution >= 0.6 is 0 Å². The number of rotatable bonds is 5. The van der Waals surface area contributed by atoms with Gasteiger partial charge in [-0.3, -0.25) is 0 Å². The minimum atomic E-state index is -0.764. The quantitative estimate of drug-likeness (QED) is 0.417. The largest absolute Gasteiger partial charge is 0.480 e. The van der Waals surface area contributed by atoms with Crippen LogP contribution in [0.4, 0.5) is 13.6 Å². The van der Waals surface area contributed by atoms with Gasteiger partial charge in [0.05, 0.1) is 62.3 Å². The van der Waals surface area contributed by atoms with Gasteiger partial charge in [-0.2, -0.15) is 0 Å². The van der Waals surface area contributed by atoms with E-state index in [1.165, 1.54) is 43.4 Å². The first-order valence-electron chi connectivity index (χ1n) is 11.4. The van der Waals surface area contributed by atoms with Crippen molar-refractivity contribution in [3.05, 3.63) is 65.9 Å². The first-order valence-corrected chi connectivity index (χ1v) is 11.4. The van der Waals surface area contributed by atoms with Crippen molar-refractivity contribution < 1.29 is 27.8 Å². The number of benzene rings is 1. The van der Waals surface area contributed by atoms with E-state index in [0.717, 1.165) is 5.56 Å². The predicted molar refractivity (Wildman–Crippen MR) is 126 cm³/mol.